The number of rotatable bonds is 7. The average Bonchev–Trinajstić information content (AvgIpc) is 3.36. The van der Waals surface area contributed by atoms with Crippen LogP contribution in [0.5, 0.6) is 0 Å². The van der Waals surface area contributed by atoms with Gasteiger partial charge in [0, 0.05) is 21.9 Å². The summed E-state index contributed by atoms with van der Waals surface area (Å²) in [6.45, 7) is 0. The van der Waals surface area contributed by atoms with E-state index in [1.807, 2.05) is 0 Å². The van der Waals surface area contributed by atoms with Gasteiger partial charge in [0.15, 0.2) is 0 Å². The third-order valence-corrected chi connectivity index (χ3v) is 6.06. The van der Waals surface area contributed by atoms with E-state index in [4.69, 9.17) is 16.7 Å². The molecule has 0 heterocycles. The van der Waals surface area contributed by atoms with Crippen LogP contribution in [0.15, 0.2) is 41.3 Å². The molecule has 3 rings (SSSR count). The first-order valence-electron chi connectivity index (χ1n) is 8.19. The Morgan fingerprint density at radius 1 is 1.15 bits per heavy atom. The SMILES string of the molecule is O=C(O)CC1(CSc2cc(C(=O)Nc3ccc(F)c(Cl)c3)ccc2F)CC1. The number of carboxylic acid groups (broad SMARTS) is 1. The van der Waals surface area contributed by atoms with Crippen LogP contribution < -0.4 is 5.32 Å². The lowest BCUT2D eigenvalue weighted by Gasteiger charge is -2.13. The Hall–Kier alpha value is -2.12. The van der Waals surface area contributed by atoms with E-state index in [2.05, 4.69) is 5.32 Å². The third-order valence-electron chi connectivity index (χ3n) is 4.39. The number of carbonyl (C=O) groups excluding carboxylic acids is 1. The van der Waals surface area contributed by atoms with E-state index in [1.54, 1.807) is 0 Å². The summed E-state index contributed by atoms with van der Waals surface area (Å²) < 4.78 is 27.3. The second-order valence-corrected chi connectivity index (χ2v) is 8.01. The first kappa shape index (κ1) is 19.6. The summed E-state index contributed by atoms with van der Waals surface area (Å²) in [6, 6.07) is 7.78. The van der Waals surface area contributed by atoms with Gasteiger partial charge in [0.05, 0.1) is 11.4 Å². The molecule has 1 fully saturated rings. The van der Waals surface area contributed by atoms with Crippen molar-refractivity contribution < 1.29 is 23.5 Å². The molecule has 1 amide bonds. The molecule has 0 aliphatic heterocycles. The first-order chi connectivity index (χ1) is 12.8. The van der Waals surface area contributed by atoms with Gasteiger partial charge in [0.25, 0.3) is 5.91 Å². The summed E-state index contributed by atoms with van der Waals surface area (Å²) in [6.07, 6.45) is 1.67. The molecule has 2 N–H and O–H groups in total. The summed E-state index contributed by atoms with van der Waals surface area (Å²) in [5, 5.41) is 11.4. The minimum atomic E-state index is -0.861. The maximum atomic E-state index is 14.1. The van der Waals surface area contributed by atoms with Crippen molar-refractivity contribution in [2.75, 3.05) is 11.1 Å². The van der Waals surface area contributed by atoms with Gasteiger partial charge in [-0.25, -0.2) is 8.78 Å². The van der Waals surface area contributed by atoms with Gasteiger partial charge >= 0.3 is 5.97 Å². The Labute approximate surface area is 163 Å². The largest absolute Gasteiger partial charge is 0.481 e. The van der Waals surface area contributed by atoms with Gasteiger partial charge in [-0.2, -0.15) is 0 Å². The van der Waals surface area contributed by atoms with Crippen LogP contribution in [0.2, 0.25) is 5.02 Å². The molecule has 0 radical (unpaired) electrons. The molecule has 1 aliphatic rings. The van der Waals surface area contributed by atoms with E-state index in [9.17, 15) is 18.4 Å². The van der Waals surface area contributed by atoms with Crippen LogP contribution in [0.1, 0.15) is 29.6 Å². The zero-order valence-electron chi connectivity index (χ0n) is 14.1. The van der Waals surface area contributed by atoms with Crippen LogP contribution in [-0.2, 0) is 4.79 Å². The van der Waals surface area contributed by atoms with Crippen molar-refractivity contribution >= 4 is 40.9 Å². The summed E-state index contributed by atoms with van der Waals surface area (Å²) in [7, 11) is 0. The van der Waals surface area contributed by atoms with Gasteiger partial charge in [0.2, 0.25) is 0 Å². The highest BCUT2D eigenvalue weighted by molar-refractivity contribution is 7.99. The highest BCUT2D eigenvalue weighted by Crippen LogP contribution is 2.52. The third kappa shape index (κ3) is 4.99. The maximum absolute atomic E-state index is 14.1. The van der Waals surface area contributed by atoms with Crippen molar-refractivity contribution in [1.82, 2.24) is 0 Å². The van der Waals surface area contributed by atoms with Gasteiger partial charge < -0.3 is 10.4 Å². The molecule has 1 aliphatic carbocycles. The Balaban J connectivity index is 1.69. The van der Waals surface area contributed by atoms with Crippen molar-refractivity contribution in [2.45, 2.75) is 24.2 Å². The van der Waals surface area contributed by atoms with Crippen molar-refractivity contribution in [3.05, 3.63) is 58.6 Å². The Kier molecular flexibility index (Phi) is 5.72. The molecule has 0 bridgehead atoms. The van der Waals surface area contributed by atoms with E-state index < -0.39 is 23.5 Å². The molecule has 142 valence electrons. The van der Waals surface area contributed by atoms with Crippen LogP contribution in [0.3, 0.4) is 0 Å². The van der Waals surface area contributed by atoms with Crippen LogP contribution >= 0.6 is 23.4 Å². The monoisotopic (exact) mass is 411 g/mol. The number of hydrogen-bond donors (Lipinski definition) is 2. The molecule has 1 saturated carbocycles. The molecule has 0 aromatic heterocycles. The van der Waals surface area contributed by atoms with Crippen molar-refractivity contribution in [3.63, 3.8) is 0 Å². The number of thioether (sulfide) groups is 1. The molecule has 4 nitrogen and oxygen atoms in total. The number of carbonyl (C=O) groups is 2. The normalized spacial score (nSPS) is 14.6. The molecule has 0 spiro atoms. The summed E-state index contributed by atoms with van der Waals surface area (Å²) in [5.41, 5.74) is 0.275. The van der Waals surface area contributed by atoms with E-state index in [0.29, 0.717) is 11.4 Å². The summed E-state index contributed by atoms with van der Waals surface area (Å²) >= 11 is 6.91. The number of anilines is 1. The summed E-state index contributed by atoms with van der Waals surface area (Å²) in [4.78, 5) is 23.6. The minimum absolute atomic E-state index is 0.0626. The Bertz CT molecular complexity index is 903. The van der Waals surface area contributed by atoms with Crippen molar-refractivity contribution in [2.24, 2.45) is 5.41 Å². The molecule has 2 aromatic carbocycles. The topological polar surface area (TPSA) is 66.4 Å². The molecular weight excluding hydrogens is 396 g/mol. The molecule has 2 aromatic rings. The quantitative estimate of drug-likeness (QED) is 0.613. The van der Waals surface area contributed by atoms with Crippen LogP contribution in [-0.4, -0.2) is 22.7 Å². The fraction of sp³-hybridized carbons (Fsp3) is 0.263. The number of amides is 1. The highest BCUT2D eigenvalue weighted by Gasteiger charge is 2.44. The number of benzene rings is 2. The zero-order chi connectivity index (χ0) is 19.6. The van der Waals surface area contributed by atoms with Gasteiger partial charge in [0.1, 0.15) is 11.6 Å². The van der Waals surface area contributed by atoms with Gasteiger partial charge in [-0.1, -0.05) is 11.6 Å². The van der Waals surface area contributed by atoms with E-state index in [-0.39, 0.29) is 27.3 Å². The van der Waals surface area contributed by atoms with Crippen LogP contribution in [0.4, 0.5) is 14.5 Å². The first-order valence-corrected chi connectivity index (χ1v) is 9.55. The van der Waals surface area contributed by atoms with Gasteiger partial charge in [-0.15, -0.1) is 11.8 Å². The number of carboxylic acids is 1. The predicted molar refractivity (Wildman–Crippen MR) is 100 cm³/mol. The second kappa shape index (κ2) is 7.86. The van der Waals surface area contributed by atoms with Crippen LogP contribution in [0, 0.1) is 17.0 Å². The van der Waals surface area contributed by atoms with E-state index >= 15 is 0 Å². The smallest absolute Gasteiger partial charge is 0.303 e. The number of aliphatic carboxylic acids is 1. The van der Waals surface area contributed by atoms with Crippen molar-refractivity contribution in [3.8, 4) is 0 Å². The molecular formula is C19H16ClF2NO3S. The lowest BCUT2D eigenvalue weighted by atomic mass is 10.1. The number of nitrogens with one attached hydrogen (secondary N) is 1. The predicted octanol–water partition coefficient (Wildman–Crippen LogP) is 5.22. The fourth-order valence-electron chi connectivity index (χ4n) is 2.63. The van der Waals surface area contributed by atoms with E-state index in [0.717, 1.165) is 18.9 Å². The highest BCUT2D eigenvalue weighted by atomic mass is 35.5. The Morgan fingerprint density at radius 2 is 1.85 bits per heavy atom. The second-order valence-electron chi connectivity index (χ2n) is 6.59. The standard InChI is InChI=1S/C19H16ClF2NO3S/c20-13-8-12(2-4-14(13)21)23-18(26)11-1-3-15(22)16(7-11)27-10-19(5-6-19)9-17(24)25/h1-4,7-8H,5-6,9-10H2,(H,23,26)(H,24,25). The maximum Gasteiger partial charge on any atom is 0.303 e. The fourth-order valence-corrected chi connectivity index (χ4v) is 4.08. The lowest BCUT2D eigenvalue weighted by Crippen LogP contribution is -2.13. The summed E-state index contributed by atoms with van der Waals surface area (Å²) in [5.74, 6) is -1.92. The molecule has 27 heavy (non-hydrogen) atoms. The van der Waals surface area contributed by atoms with E-state index in [1.165, 1.54) is 42.1 Å². The molecule has 0 unspecified atom stereocenters. The van der Waals surface area contributed by atoms with Gasteiger partial charge in [-0.05, 0) is 54.7 Å². The molecule has 0 atom stereocenters. The lowest BCUT2D eigenvalue weighted by molar-refractivity contribution is -0.138. The van der Waals surface area contributed by atoms with Gasteiger partial charge in [-0.3, -0.25) is 9.59 Å². The number of hydrogen-bond acceptors (Lipinski definition) is 3. The molecule has 0 saturated heterocycles. The van der Waals surface area contributed by atoms with Crippen molar-refractivity contribution in [1.29, 1.82) is 0 Å². The number of halogens is 3. The average molecular weight is 412 g/mol. The minimum Gasteiger partial charge on any atom is -0.481 e. The van der Waals surface area contributed by atoms with Crippen LogP contribution in [0.25, 0.3) is 0 Å². The molecule has 8 heteroatoms. The zero-order valence-corrected chi connectivity index (χ0v) is 15.7. The Morgan fingerprint density at radius 3 is 2.48 bits per heavy atom.